The zero-order valence-corrected chi connectivity index (χ0v) is 19.1. The number of nitrogens with zero attached hydrogens (tertiary/aromatic N) is 4. The molecule has 0 spiro atoms. The summed E-state index contributed by atoms with van der Waals surface area (Å²) in [6, 6.07) is 19.4. The van der Waals surface area contributed by atoms with Crippen LogP contribution >= 0.6 is 0 Å². The van der Waals surface area contributed by atoms with Gasteiger partial charge in [-0.15, -0.1) is 0 Å². The molecule has 1 fully saturated rings. The average Bonchev–Trinajstić information content (AvgIpc) is 3.20. The Labute approximate surface area is 186 Å². The predicted molar refractivity (Wildman–Crippen MR) is 127 cm³/mol. The molecule has 1 aromatic heterocycles. The van der Waals surface area contributed by atoms with Crippen molar-refractivity contribution in [3.05, 3.63) is 77.1 Å². The van der Waals surface area contributed by atoms with Crippen molar-refractivity contribution in [3.63, 3.8) is 0 Å². The van der Waals surface area contributed by atoms with E-state index >= 15 is 0 Å². The maximum Gasteiger partial charge on any atom is 0.0902 e. The van der Waals surface area contributed by atoms with Crippen LogP contribution in [0.1, 0.15) is 28.9 Å². The van der Waals surface area contributed by atoms with Crippen molar-refractivity contribution < 1.29 is 4.74 Å². The van der Waals surface area contributed by atoms with Crippen LogP contribution in [0.15, 0.2) is 54.6 Å². The maximum atomic E-state index is 5.30. The van der Waals surface area contributed by atoms with Crippen LogP contribution in [-0.4, -0.2) is 54.5 Å². The first-order valence-electron chi connectivity index (χ1n) is 11.3. The Balaban J connectivity index is 1.31. The largest absolute Gasteiger partial charge is 0.378 e. The number of methoxy groups -OCH3 is 1. The highest BCUT2D eigenvalue weighted by Gasteiger charge is 2.18. The quantitative estimate of drug-likeness (QED) is 0.543. The number of hydrogen-bond donors (Lipinski definition) is 0. The van der Waals surface area contributed by atoms with Gasteiger partial charge >= 0.3 is 0 Å². The van der Waals surface area contributed by atoms with Crippen molar-refractivity contribution in [2.24, 2.45) is 0 Å². The zero-order valence-electron chi connectivity index (χ0n) is 19.1. The SMILES string of the molecule is COCc1cc(CCCN2CCN(c3ccc(C)c(C)c3)CC2)n(-c2ccccc2)n1. The van der Waals surface area contributed by atoms with Crippen LogP contribution < -0.4 is 4.90 Å². The molecule has 1 saturated heterocycles. The molecule has 1 aliphatic rings. The number of benzene rings is 2. The van der Waals surface area contributed by atoms with E-state index in [-0.39, 0.29) is 0 Å². The molecule has 2 heterocycles. The average molecular weight is 419 g/mol. The summed E-state index contributed by atoms with van der Waals surface area (Å²) >= 11 is 0. The van der Waals surface area contributed by atoms with E-state index in [9.17, 15) is 0 Å². The van der Waals surface area contributed by atoms with E-state index < -0.39 is 0 Å². The fraction of sp³-hybridized carbons (Fsp3) is 0.423. The van der Waals surface area contributed by atoms with Crippen molar-refractivity contribution in [2.75, 3.05) is 44.7 Å². The molecule has 0 aliphatic carbocycles. The van der Waals surface area contributed by atoms with E-state index in [0.29, 0.717) is 6.61 Å². The van der Waals surface area contributed by atoms with Crippen molar-refractivity contribution in [2.45, 2.75) is 33.3 Å². The van der Waals surface area contributed by atoms with Crippen LogP contribution in [0.2, 0.25) is 0 Å². The lowest BCUT2D eigenvalue weighted by atomic mass is 10.1. The fourth-order valence-electron chi connectivity index (χ4n) is 4.30. The Bertz CT molecular complexity index is 974. The van der Waals surface area contributed by atoms with E-state index in [1.165, 1.54) is 22.5 Å². The minimum atomic E-state index is 0.549. The molecule has 0 N–H and O–H groups in total. The lowest BCUT2D eigenvalue weighted by Gasteiger charge is -2.36. The first kappa shape index (κ1) is 21.6. The summed E-state index contributed by atoms with van der Waals surface area (Å²) in [5.41, 5.74) is 7.46. The van der Waals surface area contributed by atoms with E-state index in [2.05, 4.69) is 76.9 Å². The molecule has 0 bridgehead atoms. The van der Waals surface area contributed by atoms with E-state index in [4.69, 9.17) is 9.84 Å². The summed E-state index contributed by atoms with van der Waals surface area (Å²) in [6.45, 7) is 10.5. The van der Waals surface area contributed by atoms with Crippen molar-refractivity contribution >= 4 is 5.69 Å². The molecule has 3 aromatic rings. The van der Waals surface area contributed by atoms with E-state index in [1.807, 2.05) is 6.07 Å². The van der Waals surface area contributed by atoms with Gasteiger partial charge in [-0.05, 0) is 74.7 Å². The lowest BCUT2D eigenvalue weighted by Crippen LogP contribution is -2.46. The monoisotopic (exact) mass is 418 g/mol. The van der Waals surface area contributed by atoms with Gasteiger partial charge in [0.2, 0.25) is 0 Å². The van der Waals surface area contributed by atoms with E-state index in [1.54, 1.807) is 7.11 Å². The predicted octanol–water partition coefficient (Wildman–Crippen LogP) is 4.39. The van der Waals surface area contributed by atoms with Crippen LogP contribution in [0.4, 0.5) is 5.69 Å². The summed E-state index contributed by atoms with van der Waals surface area (Å²) in [7, 11) is 1.72. The van der Waals surface area contributed by atoms with Crippen LogP contribution in [0.25, 0.3) is 5.69 Å². The number of hydrogen-bond acceptors (Lipinski definition) is 4. The minimum Gasteiger partial charge on any atom is -0.378 e. The summed E-state index contributed by atoms with van der Waals surface area (Å²) in [5, 5.41) is 4.76. The van der Waals surface area contributed by atoms with Gasteiger partial charge in [0.05, 0.1) is 18.0 Å². The Morgan fingerprint density at radius 3 is 2.35 bits per heavy atom. The van der Waals surface area contributed by atoms with Gasteiger partial charge in [0.25, 0.3) is 0 Å². The molecule has 0 saturated carbocycles. The third kappa shape index (κ3) is 5.35. The van der Waals surface area contributed by atoms with Gasteiger partial charge in [-0.2, -0.15) is 5.10 Å². The molecule has 0 unspecified atom stereocenters. The first-order chi connectivity index (χ1) is 15.1. The molecule has 4 rings (SSSR count). The van der Waals surface area contributed by atoms with Crippen LogP contribution in [0.3, 0.4) is 0 Å². The summed E-state index contributed by atoms with van der Waals surface area (Å²) in [5.74, 6) is 0. The number of piperazine rings is 1. The zero-order chi connectivity index (χ0) is 21.6. The van der Waals surface area contributed by atoms with Crippen LogP contribution in [-0.2, 0) is 17.8 Å². The highest BCUT2D eigenvalue weighted by Crippen LogP contribution is 2.21. The van der Waals surface area contributed by atoms with Gasteiger partial charge in [-0.1, -0.05) is 24.3 Å². The summed E-state index contributed by atoms with van der Waals surface area (Å²) < 4.78 is 7.38. The standard InChI is InChI=1S/C26H34N4O/c1-21-11-12-25(18-22(21)2)29-16-14-28(15-17-29)13-7-10-26-19-23(20-31-3)27-30(26)24-8-5-4-6-9-24/h4-6,8-9,11-12,18-19H,7,10,13-17,20H2,1-3H3. The molecule has 2 aromatic carbocycles. The number of aromatic nitrogens is 2. The van der Waals surface area contributed by atoms with E-state index in [0.717, 1.165) is 56.9 Å². The highest BCUT2D eigenvalue weighted by molar-refractivity contribution is 5.51. The third-order valence-corrected chi connectivity index (χ3v) is 6.26. The smallest absolute Gasteiger partial charge is 0.0902 e. The third-order valence-electron chi connectivity index (χ3n) is 6.26. The number of aryl methyl sites for hydroxylation is 3. The number of para-hydroxylation sites is 1. The van der Waals surface area contributed by atoms with Crippen LogP contribution in [0, 0.1) is 13.8 Å². The van der Waals surface area contributed by atoms with Crippen molar-refractivity contribution in [1.82, 2.24) is 14.7 Å². The molecule has 5 heteroatoms. The summed E-state index contributed by atoms with van der Waals surface area (Å²) in [4.78, 5) is 5.11. The fourth-order valence-corrected chi connectivity index (χ4v) is 4.30. The van der Waals surface area contributed by atoms with Crippen molar-refractivity contribution in [1.29, 1.82) is 0 Å². The Morgan fingerprint density at radius 1 is 0.871 bits per heavy atom. The molecule has 0 amide bonds. The molecular weight excluding hydrogens is 384 g/mol. The van der Waals surface area contributed by atoms with Gasteiger partial charge in [0.15, 0.2) is 0 Å². The van der Waals surface area contributed by atoms with Gasteiger partial charge in [-0.25, -0.2) is 4.68 Å². The number of anilines is 1. The molecule has 31 heavy (non-hydrogen) atoms. The molecule has 1 aliphatic heterocycles. The molecular formula is C26H34N4O. The van der Waals surface area contributed by atoms with Gasteiger partial charge < -0.3 is 9.64 Å². The molecule has 164 valence electrons. The molecule has 5 nitrogen and oxygen atoms in total. The summed E-state index contributed by atoms with van der Waals surface area (Å²) in [6.07, 6.45) is 2.15. The number of rotatable bonds is 8. The molecule has 0 radical (unpaired) electrons. The second-order valence-electron chi connectivity index (χ2n) is 8.51. The molecule has 0 atom stereocenters. The number of ether oxygens (including phenoxy) is 1. The lowest BCUT2D eigenvalue weighted by molar-refractivity contribution is 0.181. The van der Waals surface area contributed by atoms with Gasteiger partial charge in [-0.3, -0.25) is 4.90 Å². The second-order valence-corrected chi connectivity index (χ2v) is 8.51. The van der Waals surface area contributed by atoms with Crippen LogP contribution in [0.5, 0.6) is 0 Å². The second kappa shape index (κ2) is 10.1. The Hall–Kier alpha value is -2.63. The first-order valence-corrected chi connectivity index (χ1v) is 11.3. The maximum absolute atomic E-state index is 5.30. The Morgan fingerprint density at radius 2 is 1.65 bits per heavy atom. The topological polar surface area (TPSA) is 33.5 Å². The Kier molecular flexibility index (Phi) is 7.05. The minimum absolute atomic E-state index is 0.549. The van der Waals surface area contributed by atoms with Gasteiger partial charge in [0, 0.05) is 44.7 Å². The van der Waals surface area contributed by atoms with Gasteiger partial charge in [0.1, 0.15) is 0 Å². The van der Waals surface area contributed by atoms with Crippen molar-refractivity contribution in [3.8, 4) is 5.69 Å². The highest BCUT2D eigenvalue weighted by atomic mass is 16.5. The normalized spacial score (nSPS) is 14.9.